The second-order valence-corrected chi connectivity index (χ2v) is 5.04. The molecule has 4 heteroatoms. The van der Waals surface area contributed by atoms with E-state index >= 15 is 0 Å². The molecule has 2 atom stereocenters. The molecule has 4 nitrogen and oxygen atoms in total. The lowest BCUT2D eigenvalue weighted by Crippen LogP contribution is -2.36. The zero-order valence-electron chi connectivity index (χ0n) is 13.2. The van der Waals surface area contributed by atoms with E-state index in [4.69, 9.17) is 4.74 Å². The number of carbonyl (C=O) groups excluding carboxylic acids is 1. The Morgan fingerprint density at radius 3 is 2.86 bits per heavy atom. The van der Waals surface area contributed by atoms with Crippen LogP contribution >= 0.6 is 0 Å². The molecule has 0 aliphatic heterocycles. The molecule has 1 aromatic rings. The van der Waals surface area contributed by atoms with E-state index in [0.29, 0.717) is 12.3 Å². The Hall–Kier alpha value is -1.81. The van der Waals surface area contributed by atoms with Gasteiger partial charge in [0.1, 0.15) is 5.75 Å². The molecule has 0 aliphatic rings. The molecule has 2 N–H and O–H groups in total. The van der Waals surface area contributed by atoms with Crippen LogP contribution in [-0.2, 0) is 4.79 Å². The fourth-order valence-corrected chi connectivity index (χ4v) is 1.91. The van der Waals surface area contributed by atoms with Crippen LogP contribution in [0.2, 0.25) is 0 Å². The Kier molecular flexibility index (Phi) is 7.54. The summed E-state index contributed by atoms with van der Waals surface area (Å²) in [6, 6.07) is 8.11. The summed E-state index contributed by atoms with van der Waals surface area (Å²) in [7, 11) is 0. The van der Waals surface area contributed by atoms with E-state index in [1.54, 1.807) is 13.0 Å². The third kappa shape index (κ3) is 6.00. The molecule has 0 saturated heterocycles. The van der Waals surface area contributed by atoms with Crippen LogP contribution in [-0.4, -0.2) is 25.1 Å². The molecule has 1 rings (SSSR count). The maximum absolute atomic E-state index is 11.8. The minimum absolute atomic E-state index is 0.141. The fourth-order valence-electron chi connectivity index (χ4n) is 1.91. The SMILES string of the molecule is C=CCNC(=O)C(C)Oc1cccc(C(C)NCCC)c1. The van der Waals surface area contributed by atoms with Gasteiger partial charge in [0.05, 0.1) is 0 Å². The van der Waals surface area contributed by atoms with Crippen LogP contribution in [0.5, 0.6) is 5.75 Å². The summed E-state index contributed by atoms with van der Waals surface area (Å²) in [6.07, 6.45) is 2.21. The number of amides is 1. The molecule has 0 saturated carbocycles. The summed E-state index contributed by atoms with van der Waals surface area (Å²) in [5.74, 6) is 0.566. The van der Waals surface area contributed by atoms with Gasteiger partial charge in [-0.25, -0.2) is 0 Å². The van der Waals surface area contributed by atoms with Crippen LogP contribution in [0.1, 0.15) is 38.8 Å². The van der Waals surface area contributed by atoms with E-state index in [-0.39, 0.29) is 11.9 Å². The third-order valence-corrected chi connectivity index (χ3v) is 3.16. The summed E-state index contributed by atoms with van der Waals surface area (Å²) in [5, 5.41) is 6.16. The standard InChI is InChI=1S/C17H26N2O2/c1-5-10-18-13(3)15-8-7-9-16(12-15)21-14(4)17(20)19-11-6-2/h6-9,12-14,18H,2,5,10-11H2,1,3-4H3,(H,19,20). The predicted octanol–water partition coefficient (Wildman–Crippen LogP) is 2.82. The van der Waals surface area contributed by atoms with Gasteiger partial charge in [0, 0.05) is 12.6 Å². The predicted molar refractivity (Wildman–Crippen MR) is 86.4 cm³/mol. The van der Waals surface area contributed by atoms with Gasteiger partial charge in [-0.1, -0.05) is 25.1 Å². The molecular weight excluding hydrogens is 264 g/mol. The quantitative estimate of drug-likeness (QED) is 0.688. The number of benzene rings is 1. The molecule has 21 heavy (non-hydrogen) atoms. The Morgan fingerprint density at radius 2 is 2.19 bits per heavy atom. The number of nitrogens with one attached hydrogen (secondary N) is 2. The monoisotopic (exact) mass is 290 g/mol. The molecule has 0 bridgehead atoms. The molecule has 2 unspecified atom stereocenters. The number of hydrogen-bond acceptors (Lipinski definition) is 3. The summed E-state index contributed by atoms with van der Waals surface area (Å²) in [6.45, 7) is 11.0. The normalized spacial score (nSPS) is 13.3. The van der Waals surface area contributed by atoms with Crippen LogP contribution in [0.15, 0.2) is 36.9 Å². The van der Waals surface area contributed by atoms with Crippen LogP contribution in [0.3, 0.4) is 0 Å². The molecule has 0 aliphatic carbocycles. The van der Waals surface area contributed by atoms with Crippen LogP contribution in [0.4, 0.5) is 0 Å². The molecule has 0 radical (unpaired) electrons. The second kappa shape index (κ2) is 9.19. The highest BCUT2D eigenvalue weighted by Crippen LogP contribution is 2.20. The lowest BCUT2D eigenvalue weighted by Gasteiger charge is -2.17. The van der Waals surface area contributed by atoms with Gasteiger partial charge in [0.25, 0.3) is 5.91 Å². The van der Waals surface area contributed by atoms with Gasteiger partial charge >= 0.3 is 0 Å². The molecule has 0 fully saturated rings. The van der Waals surface area contributed by atoms with Crippen molar-refractivity contribution in [2.24, 2.45) is 0 Å². The molecule has 0 spiro atoms. The van der Waals surface area contributed by atoms with Gasteiger partial charge < -0.3 is 15.4 Å². The number of hydrogen-bond donors (Lipinski definition) is 2. The first kappa shape index (κ1) is 17.2. The zero-order valence-corrected chi connectivity index (χ0v) is 13.2. The summed E-state index contributed by atoms with van der Waals surface area (Å²) < 4.78 is 5.69. The summed E-state index contributed by atoms with van der Waals surface area (Å²) in [4.78, 5) is 11.8. The lowest BCUT2D eigenvalue weighted by molar-refractivity contribution is -0.127. The molecular formula is C17H26N2O2. The van der Waals surface area contributed by atoms with Gasteiger partial charge in [-0.3, -0.25) is 4.79 Å². The largest absolute Gasteiger partial charge is 0.481 e. The smallest absolute Gasteiger partial charge is 0.261 e. The Balaban J connectivity index is 2.63. The third-order valence-electron chi connectivity index (χ3n) is 3.16. The van der Waals surface area contributed by atoms with E-state index in [9.17, 15) is 4.79 Å². The van der Waals surface area contributed by atoms with Gasteiger partial charge in [0.15, 0.2) is 6.10 Å². The highest BCUT2D eigenvalue weighted by molar-refractivity contribution is 5.80. The first-order valence-electron chi connectivity index (χ1n) is 7.47. The van der Waals surface area contributed by atoms with E-state index in [1.165, 1.54) is 0 Å². The molecule has 1 amide bonds. The van der Waals surface area contributed by atoms with Crippen molar-refractivity contribution in [3.8, 4) is 5.75 Å². The van der Waals surface area contributed by atoms with Crippen molar-refractivity contribution in [2.45, 2.75) is 39.3 Å². The minimum Gasteiger partial charge on any atom is -0.481 e. The Morgan fingerprint density at radius 1 is 1.43 bits per heavy atom. The van der Waals surface area contributed by atoms with Gasteiger partial charge in [0.2, 0.25) is 0 Å². The maximum atomic E-state index is 11.8. The minimum atomic E-state index is -0.529. The second-order valence-electron chi connectivity index (χ2n) is 5.04. The highest BCUT2D eigenvalue weighted by Gasteiger charge is 2.14. The van der Waals surface area contributed by atoms with Crippen molar-refractivity contribution in [1.29, 1.82) is 0 Å². The number of ether oxygens (including phenoxy) is 1. The van der Waals surface area contributed by atoms with Crippen LogP contribution in [0.25, 0.3) is 0 Å². The van der Waals surface area contributed by atoms with Crippen molar-refractivity contribution in [3.05, 3.63) is 42.5 Å². The van der Waals surface area contributed by atoms with Gasteiger partial charge in [-0.2, -0.15) is 0 Å². The number of rotatable bonds is 9. The van der Waals surface area contributed by atoms with E-state index in [2.05, 4.69) is 37.1 Å². The van der Waals surface area contributed by atoms with Crippen molar-refractivity contribution in [3.63, 3.8) is 0 Å². The first-order chi connectivity index (χ1) is 10.1. The van der Waals surface area contributed by atoms with Crippen molar-refractivity contribution < 1.29 is 9.53 Å². The average Bonchev–Trinajstić information content (AvgIpc) is 2.50. The molecule has 116 valence electrons. The van der Waals surface area contributed by atoms with Gasteiger partial charge in [-0.15, -0.1) is 6.58 Å². The van der Waals surface area contributed by atoms with Crippen LogP contribution in [0, 0.1) is 0 Å². The van der Waals surface area contributed by atoms with Crippen molar-refractivity contribution in [2.75, 3.05) is 13.1 Å². The van der Waals surface area contributed by atoms with Gasteiger partial charge in [-0.05, 0) is 44.5 Å². The van der Waals surface area contributed by atoms with E-state index < -0.39 is 6.10 Å². The molecule has 1 aromatic carbocycles. The highest BCUT2D eigenvalue weighted by atomic mass is 16.5. The van der Waals surface area contributed by atoms with Crippen molar-refractivity contribution >= 4 is 5.91 Å². The van der Waals surface area contributed by atoms with E-state index in [1.807, 2.05) is 18.2 Å². The maximum Gasteiger partial charge on any atom is 0.261 e. The van der Waals surface area contributed by atoms with E-state index in [0.717, 1.165) is 18.5 Å². The fraction of sp³-hybridized carbons (Fsp3) is 0.471. The Bertz CT molecular complexity index is 460. The zero-order chi connectivity index (χ0) is 15.7. The molecule has 0 aromatic heterocycles. The number of carbonyl (C=O) groups is 1. The first-order valence-corrected chi connectivity index (χ1v) is 7.47. The summed E-state index contributed by atoms with van der Waals surface area (Å²) in [5.41, 5.74) is 1.15. The Labute approximate surface area is 127 Å². The van der Waals surface area contributed by atoms with Crippen LogP contribution < -0.4 is 15.4 Å². The average molecular weight is 290 g/mol. The molecule has 0 heterocycles. The summed E-state index contributed by atoms with van der Waals surface area (Å²) >= 11 is 0. The van der Waals surface area contributed by atoms with Crippen molar-refractivity contribution in [1.82, 2.24) is 10.6 Å². The lowest BCUT2D eigenvalue weighted by atomic mass is 10.1. The topological polar surface area (TPSA) is 50.4 Å².